The van der Waals surface area contributed by atoms with E-state index in [1.54, 1.807) is 35.0 Å². The van der Waals surface area contributed by atoms with E-state index in [1.807, 2.05) is 63.2 Å². The maximum Gasteiger partial charge on any atom is 0.283 e. The number of hydroxylamine groups is 1. The summed E-state index contributed by atoms with van der Waals surface area (Å²) in [6, 6.07) is 23.6. The minimum Gasteiger partial charge on any atom is -0.380 e. The second-order valence-electron chi connectivity index (χ2n) is 10.5. The van der Waals surface area contributed by atoms with Gasteiger partial charge in [-0.2, -0.15) is 15.4 Å². The molecule has 4 aromatic rings. The summed E-state index contributed by atoms with van der Waals surface area (Å²) >= 11 is 0. The van der Waals surface area contributed by atoms with Crippen LogP contribution in [0.5, 0.6) is 0 Å². The van der Waals surface area contributed by atoms with E-state index < -0.39 is 5.60 Å². The average molecular weight is 509 g/mol. The average Bonchev–Trinajstić information content (AvgIpc) is 3.42. The van der Waals surface area contributed by atoms with E-state index in [0.29, 0.717) is 28.1 Å². The Morgan fingerprint density at radius 1 is 1.13 bits per heavy atom. The van der Waals surface area contributed by atoms with Crippen molar-refractivity contribution in [3.05, 3.63) is 84.1 Å². The number of hydrogen-bond donors (Lipinski definition) is 2. The van der Waals surface area contributed by atoms with E-state index in [2.05, 4.69) is 21.8 Å². The van der Waals surface area contributed by atoms with Crippen LogP contribution in [0.2, 0.25) is 0 Å². The number of hydrogen-bond acceptors (Lipinski definition) is 6. The number of anilines is 2. The summed E-state index contributed by atoms with van der Waals surface area (Å²) in [6.45, 7) is 7.47. The molecule has 1 amide bonds. The standard InChI is InChI=1S/C30H32N6O2/c1-30(2,3)38-36(29(37)23-13-11-22(12-14-23)21-8-5-4-6-9-21)28-18-26(34-24-10-7-16-32-20-24)25(19-31)27-15-17-33-35(27)28/h4-6,8-9,11-15,17-18,24,32,34H,7,10,16,20H2,1-3H3/t24-/m0/s1. The molecule has 1 atom stereocenters. The first-order valence-corrected chi connectivity index (χ1v) is 12.9. The van der Waals surface area contributed by atoms with Crippen LogP contribution in [0.3, 0.4) is 0 Å². The molecule has 0 saturated carbocycles. The molecule has 5 rings (SSSR count). The summed E-state index contributed by atoms with van der Waals surface area (Å²) in [6.07, 6.45) is 3.67. The summed E-state index contributed by atoms with van der Waals surface area (Å²) in [5.41, 5.74) is 3.63. The summed E-state index contributed by atoms with van der Waals surface area (Å²) in [4.78, 5) is 20.2. The van der Waals surface area contributed by atoms with Crippen LogP contribution in [0, 0.1) is 11.3 Å². The SMILES string of the molecule is CC(C)(C)ON(C(=O)c1ccc(-c2ccccc2)cc1)c1cc(N[C@H]2CCCNC2)c(C#N)c2ccnn12. The van der Waals surface area contributed by atoms with E-state index in [4.69, 9.17) is 4.84 Å². The third-order valence-corrected chi connectivity index (χ3v) is 6.42. The zero-order valence-electron chi connectivity index (χ0n) is 21.9. The largest absolute Gasteiger partial charge is 0.380 e. The lowest BCUT2D eigenvalue weighted by Gasteiger charge is -2.31. The number of nitriles is 1. The molecule has 38 heavy (non-hydrogen) atoms. The number of amides is 1. The molecule has 2 aromatic carbocycles. The zero-order chi connectivity index (χ0) is 26.7. The van der Waals surface area contributed by atoms with E-state index >= 15 is 0 Å². The van der Waals surface area contributed by atoms with E-state index in [1.165, 1.54) is 5.06 Å². The number of aromatic nitrogens is 2. The van der Waals surface area contributed by atoms with Crippen LogP contribution in [0.15, 0.2) is 72.9 Å². The predicted octanol–water partition coefficient (Wildman–Crippen LogP) is 5.41. The monoisotopic (exact) mass is 508 g/mol. The van der Waals surface area contributed by atoms with Gasteiger partial charge in [-0.3, -0.25) is 9.63 Å². The smallest absolute Gasteiger partial charge is 0.283 e. The molecule has 2 N–H and O–H groups in total. The third-order valence-electron chi connectivity index (χ3n) is 6.42. The molecular formula is C30H32N6O2. The molecule has 0 spiro atoms. The molecular weight excluding hydrogens is 476 g/mol. The highest BCUT2D eigenvalue weighted by atomic mass is 16.7. The molecule has 8 nitrogen and oxygen atoms in total. The van der Waals surface area contributed by atoms with Crippen LogP contribution in [0.1, 0.15) is 49.5 Å². The highest BCUT2D eigenvalue weighted by Gasteiger charge is 2.29. The number of nitrogens with one attached hydrogen (secondary N) is 2. The number of rotatable bonds is 6. The van der Waals surface area contributed by atoms with Gasteiger partial charge in [0.1, 0.15) is 11.6 Å². The Morgan fingerprint density at radius 3 is 2.53 bits per heavy atom. The fraction of sp³-hybridized carbons (Fsp3) is 0.300. The lowest BCUT2D eigenvalue weighted by atomic mass is 10.0. The summed E-state index contributed by atoms with van der Waals surface area (Å²) < 4.78 is 1.59. The van der Waals surface area contributed by atoms with Crippen molar-refractivity contribution in [1.29, 1.82) is 5.26 Å². The molecule has 0 radical (unpaired) electrons. The van der Waals surface area contributed by atoms with Crippen molar-refractivity contribution in [2.45, 2.75) is 45.3 Å². The fourth-order valence-corrected chi connectivity index (χ4v) is 4.67. The zero-order valence-corrected chi connectivity index (χ0v) is 21.9. The molecule has 1 aliphatic rings. The Hall–Kier alpha value is -4.19. The van der Waals surface area contributed by atoms with Gasteiger partial charge in [0.25, 0.3) is 5.91 Å². The van der Waals surface area contributed by atoms with Gasteiger partial charge < -0.3 is 10.6 Å². The summed E-state index contributed by atoms with van der Waals surface area (Å²) in [5.74, 6) is 0.0913. The molecule has 3 heterocycles. The number of fused-ring (bicyclic) bond motifs is 1. The van der Waals surface area contributed by atoms with E-state index in [9.17, 15) is 10.1 Å². The lowest BCUT2D eigenvalue weighted by molar-refractivity contribution is -0.0171. The van der Waals surface area contributed by atoms with Gasteiger partial charge >= 0.3 is 0 Å². The highest BCUT2D eigenvalue weighted by Crippen LogP contribution is 2.32. The van der Waals surface area contributed by atoms with E-state index in [-0.39, 0.29) is 11.9 Å². The van der Waals surface area contributed by atoms with Crippen LogP contribution in [-0.2, 0) is 4.84 Å². The Balaban J connectivity index is 1.57. The Morgan fingerprint density at radius 2 is 1.87 bits per heavy atom. The first-order valence-electron chi connectivity index (χ1n) is 12.9. The number of carbonyl (C=O) groups is 1. The molecule has 1 saturated heterocycles. The second kappa shape index (κ2) is 10.7. The van der Waals surface area contributed by atoms with Crippen LogP contribution < -0.4 is 15.7 Å². The summed E-state index contributed by atoms with van der Waals surface area (Å²) in [7, 11) is 0. The van der Waals surface area contributed by atoms with Crippen molar-refractivity contribution >= 4 is 22.9 Å². The predicted molar refractivity (Wildman–Crippen MR) is 149 cm³/mol. The Kier molecular flexibility index (Phi) is 7.14. The lowest BCUT2D eigenvalue weighted by Crippen LogP contribution is -2.40. The van der Waals surface area contributed by atoms with Crippen LogP contribution in [-0.4, -0.2) is 40.3 Å². The molecule has 0 unspecified atom stereocenters. The van der Waals surface area contributed by atoms with Crippen molar-refractivity contribution in [1.82, 2.24) is 14.9 Å². The number of nitrogens with zero attached hydrogens (tertiary/aromatic N) is 4. The molecule has 1 fully saturated rings. The topological polar surface area (TPSA) is 94.7 Å². The van der Waals surface area contributed by atoms with Crippen molar-refractivity contribution in [3.8, 4) is 17.2 Å². The number of carbonyl (C=O) groups excluding carboxylic acids is 1. The van der Waals surface area contributed by atoms with E-state index in [0.717, 1.165) is 37.1 Å². The Bertz CT molecular complexity index is 1460. The van der Waals surface area contributed by atoms with Crippen molar-refractivity contribution < 1.29 is 9.63 Å². The molecule has 0 bridgehead atoms. The molecule has 194 valence electrons. The number of piperidine rings is 1. The minimum atomic E-state index is -0.673. The minimum absolute atomic E-state index is 0.173. The molecule has 2 aromatic heterocycles. The number of pyridine rings is 1. The van der Waals surface area contributed by atoms with Crippen molar-refractivity contribution in [3.63, 3.8) is 0 Å². The first-order chi connectivity index (χ1) is 18.3. The Labute approximate surface area is 222 Å². The van der Waals surface area contributed by atoms with Gasteiger partial charge in [-0.15, -0.1) is 0 Å². The van der Waals surface area contributed by atoms with Crippen LogP contribution in [0.4, 0.5) is 11.5 Å². The number of benzene rings is 2. The van der Waals surface area contributed by atoms with Crippen LogP contribution >= 0.6 is 0 Å². The molecule has 8 heteroatoms. The summed E-state index contributed by atoms with van der Waals surface area (Å²) in [5, 5.41) is 22.7. The van der Waals surface area contributed by atoms with Gasteiger partial charge in [-0.1, -0.05) is 42.5 Å². The maximum atomic E-state index is 14.0. The quantitative estimate of drug-likeness (QED) is 0.338. The molecule has 1 aliphatic heterocycles. The normalized spacial score (nSPS) is 15.7. The van der Waals surface area contributed by atoms with Crippen LogP contribution in [0.25, 0.3) is 16.6 Å². The van der Waals surface area contributed by atoms with Crippen molar-refractivity contribution in [2.75, 3.05) is 23.5 Å². The van der Waals surface area contributed by atoms with Gasteiger partial charge in [-0.05, 0) is 69.5 Å². The maximum absolute atomic E-state index is 14.0. The molecule has 0 aliphatic carbocycles. The third kappa shape index (κ3) is 5.40. The fourth-order valence-electron chi connectivity index (χ4n) is 4.67. The van der Waals surface area contributed by atoms with Crippen molar-refractivity contribution in [2.24, 2.45) is 0 Å². The van der Waals surface area contributed by atoms with Gasteiger partial charge in [0.05, 0.1) is 23.0 Å². The second-order valence-corrected chi connectivity index (χ2v) is 10.5. The van der Waals surface area contributed by atoms with Gasteiger partial charge in [-0.25, -0.2) is 4.52 Å². The van der Waals surface area contributed by atoms with Gasteiger partial charge in [0, 0.05) is 24.2 Å². The van der Waals surface area contributed by atoms with Gasteiger partial charge in [0.15, 0.2) is 5.82 Å². The first kappa shape index (κ1) is 25.5. The van der Waals surface area contributed by atoms with Gasteiger partial charge in [0.2, 0.25) is 0 Å². The highest BCUT2D eigenvalue weighted by molar-refractivity contribution is 6.05.